The number of rotatable bonds is 2. The van der Waals surface area contributed by atoms with E-state index >= 15 is 0 Å². The molecule has 1 saturated heterocycles. The highest BCUT2D eigenvalue weighted by Gasteiger charge is 2.18. The van der Waals surface area contributed by atoms with E-state index in [9.17, 15) is 4.79 Å². The highest BCUT2D eigenvalue weighted by atomic mass is 16.3. The van der Waals surface area contributed by atoms with Crippen molar-refractivity contribution in [3.63, 3.8) is 0 Å². The molecule has 0 aliphatic carbocycles. The van der Waals surface area contributed by atoms with Gasteiger partial charge < -0.3 is 14.9 Å². The molecule has 5 nitrogen and oxygen atoms in total. The number of hydrogen-bond donors (Lipinski definition) is 1. The number of pyridine rings is 1. The molecule has 0 atom stereocenters. The van der Waals surface area contributed by atoms with Crippen molar-refractivity contribution in [2.75, 3.05) is 31.1 Å². The van der Waals surface area contributed by atoms with E-state index in [0.29, 0.717) is 0 Å². The number of aryl methyl sites for hydroxylation is 1. The number of aromatic nitrogens is 1. The predicted molar refractivity (Wildman–Crippen MR) is 74.0 cm³/mol. The van der Waals surface area contributed by atoms with E-state index in [0.717, 1.165) is 49.5 Å². The number of nitrogens with zero attached hydrogens (tertiary/aromatic N) is 3. The van der Waals surface area contributed by atoms with E-state index in [-0.39, 0.29) is 12.5 Å². The van der Waals surface area contributed by atoms with Crippen molar-refractivity contribution >= 4 is 11.7 Å². The van der Waals surface area contributed by atoms with Crippen molar-refractivity contribution in [1.82, 2.24) is 9.88 Å². The van der Waals surface area contributed by atoms with Crippen LogP contribution in [0.4, 0.5) is 5.82 Å². The van der Waals surface area contributed by atoms with Gasteiger partial charge in [-0.3, -0.25) is 4.79 Å². The molecular weight excluding hydrogens is 242 g/mol. The summed E-state index contributed by atoms with van der Waals surface area (Å²) >= 11 is 0. The van der Waals surface area contributed by atoms with Crippen LogP contribution in [0.5, 0.6) is 0 Å². The van der Waals surface area contributed by atoms with Gasteiger partial charge in [0.05, 0.1) is 6.61 Å². The molecular formula is C14H21N3O2. The Hall–Kier alpha value is -1.62. The van der Waals surface area contributed by atoms with Gasteiger partial charge in [-0.1, -0.05) is 0 Å². The van der Waals surface area contributed by atoms with E-state index in [4.69, 9.17) is 5.11 Å². The first-order valence-corrected chi connectivity index (χ1v) is 6.68. The molecule has 1 N–H and O–H groups in total. The smallest absolute Gasteiger partial charge is 0.219 e. The lowest BCUT2D eigenvalue weighted by Crippen LogP contribution is -2.34. The number of hydrogen-bond acceptors (Lipinski definition) is 4. The number of carbonyl (C=O) groups excluding carboxylic acids is 1. The fraction of sp³-hybridized carbons (Fsp3) is 0.571. The molecule has 1 aliphatic heterocycles. The van der Waals surface area contributed by atoms with Crippen molar-refractivity contribution < 1.29 is 9.90 Å². The second-order valence-corrected chi connectivity index (χ2v) is 4.99. The third kappa shape index (κ3) is 3.23. The largest absolute Gasteiger partial charge is 0.392 e. The molecule has 0 spiro atoms. The summed E-state index contributed by atoms with van der Waals surface area (Å²) in [5.74, 6) is 1.10. The lowest BCUT2D eigenvalue weighted by atomic mass is 10.2. The van der Waals surface area contributed by atoms with Crippen molar-refractivity contribution in [2.45, 2.75) is 26.9 Å². The van der Waals surface area contributed by atoms with Crippen LogP contribution in [-0.4, -0.2) is 47.1 Å². The summed E-state index contributed by atoms with van der Waals surface area (Å²) in [5, 5.41) is 9.11. The molecule has 0 bridgehead atoms. The summed E-state index contributed by atoms with van der Waals surface area (Å²) in [4.78, 5) is 20.0. The van der Waals surface area contributed by atoms with Gasteiger partial charge in [-0.05, 0) is 30.5 Å². The standard InChI is InChI=1S/C14H21N3O2/c1-11-8-13(10-18)9-15-14(11)17-5-3-4-16(6-7-17)12(2)19/h8-9,18H,3-7,10H2,1-2H3. The highest BCUT2D eigenvalue weighted by molar-refractivity contribution is 5.73. The van der Waals surface area contributed by atoms with Gasteiger partial charge in [-0.2, -0.15) is 0 Å². The van der Waals surface area contributed by atoms with Crippen LogP contribution < -0.4 is 4.90 Å². The molecule has 0 aromatic carbocycles. The normalized spacial score (nSPS) is 16.4. The first kappa shape index (κ1) is 13.8. The lowest BCUT2D eigenvalue weighted by molar-refractivity contribution is -0.128. The van der Waals surface area contributed by atoms with E-state index in [1.807, 2.05) is 17.9 Å². The number of amides is 1. The Morgan fingerprint density at radius 1 is 1.37 bits per heavy atom. The predicted octanol–water partition coefficient (Wildman–Crippen LogP) is 0.941. The van der Waals surface area contributed by atoms with Gasteiger partial charge in [0.15, 0.2) is 0 Å². The third-order valence-electron chi connectivity index (χ3n) is 3.53. The lowest BCUT2D eigenvalue weighted by Gasteiger charge is -2.24. The zero-order chi connectivity index (χ0) is 13.8. The molecule has 0 unspecified atom stereocenters. The number of anilines is 1. The molecule has 1 aromatic rings. The molecule has 2 rings (SSSR count). The molecule has 0 saturated carbocycles. The third-order valence-corrected chi connectivity index (χ3v) is 3.53. The van der Waals surface area contributed by atoms with Gasteiger partial charge in [-0.15, -0.1) is 0 Å². The summed E-state index contributed by atoms with van der Waals surface area (Å²) in [6, 6.07) is 1.97. The minimum Gasteiger partial charge on any atom is -0.392 e. The molecule has 5 heteroatoms. The van der Waals surface area contributed by atoms with Gasteiger partial charge in [0.2, 0.25) is 5.91 Å². The Morgan fingerprint density at radius 2 is 2.16 bits per heavy atom. The Kier molecular flexibility index (Phi) is 4.37. The van der Waals surface area contributed by atoms with Crippen LogP contribution in [0.15, 0.2) is 12.3 Å². The first-order valence-electron chi connectivity index (χ1n) is 6.68. The Bertz CT molecular complexity index is 462. The quantitative estimate of drug-likeness (QED) is 0.863. The fourth-order valence-corrected chi connectivity index (χ4v) is 2.49. The molecule has 2 heterocycles. The second-order valence-electron chi connectivity index (χ2n) is 4.99. The van der Waals surface area contributed by atoms with Gasteiger partial charge in [-0.25, -0.2) is 4.98 Å². The van der Waals surface area contributed by atoms with E-state index in [2.05, 4.69) is 9.88 Å². The van der Waals surface area contributed by atoms with Gasteiger partial charge >= 0.3 is 0 Å². The van der Waals surface area contributed by atoms with Gasteiger partial charge in [0.1, 0.15) is 5.82 Å². The average molecular weight is 263 g/mol. The van der Waals surface area contributed by atoms with Crippen LogP contribution in [0, 0.1) is 6.92 Å². The van der Waals surface area contributed by atoms with E-state index < -0.39 is 0 Å². The number of aliphatic hydroxyl groups is 1. The Morgan fingerprint density at radius 3 is 2.79 bits per heavy atom. The zero-order valence-corrected chi connectivity index (χ0v) is 11.6. The summed E-state index contributed by atoms with van der Waals surface area (Å²) in [6.45, 7) is 6.94. The van der Waals surface area contributed by atoms with Crippen molar-refractivity contribution in [1.29, 1.82) is 0 Å². The van der Waals surface area contributed by atoms with Crippen LogP contribution in [0.2, 0.25) is 0 Å². The molecule has 1 aliphatic rings. The maximum absolute atomic E-state index is 11.4. The van der Waals surface area contributed by atoms with Crippen LogP contribution in [0.3, 0.4) is 0 Å². The van der Waals surface area contributed by atoms with Gasteiger partial charge in [0, 0.05) is 39.3 Å². The van der Waals surface area contributed by atoms with Crippen molar-refractivity contribution in [3.05, 3.63) is 23.4 Å². The SMILES string of the molecule is CC(=O)N1CCCN(c2ncc(CO)cc2C)CC1. The first-order chi connectivity index (χ1) is 9.11. The molecule has 1 aromatic heterocycles. The van der Waals surface area contributed by atoms with Crippen LogP contribution in [0.25, 0.3) is 0 Å². The van der Waals surface area contributed by atoms with Crippen molar-refractivity contribution in [3.8, 4) is 0 Å². The summed E-state index contributed by atoms with van der Waals surface area (Å²) in [5.41, 5.74) is 1.91. The molecule has 19 heavy (non-hydrogen) atoms. The molecule has 104 valence electrons. The average Bonchev–Trinajstić information content (AvgIpc) is 2.64. The summed E-state index contributed by atoms with van der Waals surface area (Å²) in [6.07, 6.45) is 2.68. The van der Waals surface area contributed by atoms with E-state index in [1.165, 1.54) is 0 Å². The summed E-state index contributed by atoms with van der Waals surface area (Å²) in [7, 11) is 0. The van der Waals surface area contributed by atoms with E-state index in [1.54, 1.807) is 13.1 Å². The van der Waals surface area contributed by atoms with Crippen LogP contribution >= 0.6 is 0 Å². The molecule has 1 fully saturated rings. The second kappa shape index (κ2) is 6.02. The zero-order valence-electron chi connectivity index (χ0n) is 11.6. The maximum Gasteiger partial charge on any atom is 0.219 e. The Balaban J connectivity index is 2.12. The Labute approximate surface area is 113 Å². The fourth-order valence-electron chi connectivity index (χ4n) is 2.49. The minimum atomic E-state index is 0.0201. The highest BCUT2D eigenvalue weighted by Crippen LogP contribution is 2.19. The number of aliphatic hydroxyl groups excluding tert-OH is 1. The monoisotopic (exact) mass is 263 g/mol. The topological polar surface area (TPSA) is 56.7 Å². The maximum atomic E-state index is 11.4. The minimum absolute atomic E-state index is 0.0201. The van der Waals surface area contributed by atoms with Crippen LogP contribution in [-0.2, 0) is 11.4 Å². The molecule has 0 radical (unpaired) electrons. The van der Waals surface area contributed by atoms with Crippen molar-refractivity contribution in [2.24, 2.45) is 0 Å². The number of carbonyl (C=O) groups is 1. The van der Waals surface area contributed by atoms with Gasteiger partial charge in [0.25, 0.3) is 0 Å². The summed E-state index contributed by atoms with van der Waals surface area (Å²) < 4.78 is 0. The van der Waals surface area contributed by atoms with Crippen LogP contribution in [0.1, 0.15) is 24.5 Å². The molecule has 1 amide bonds.